The van der Waals surface area contributed by atoms with Gasteiger partial charge in [-0.2, -0.15) is 9.97 Å². The van der Waals surface area contributed by atoms with Crippen LogP contribution in [0.5, 0.6) is 6.01 Å². The average Bonchev–Trinajstić information content (AvgIpc) is 3.00. The van der Waals surface area contributed by atoms with Gasteiger partial charge in [-0.3, -0.25) is 9.78 Å². The van der Waals surface area contributed by atoms with E-state index >= 15 is 0 Å². The van der Waals surface area contributed by atoms with Crippen molar-refractivity contribution in [1.29, 1.82) is 0 Å². The number of nitrogens with zero attached hydrogens (tertiary/aromatic N) is 3. The van der Waals surface area contributed by atoms with Gasteiger partial charge in [0.2, 0.25) is 5.95 Å². The predicted molar refractivity (Wildman–Crippen MR) is 64.0 cm³/mol. The fourth-order valence-corrected chi connectivity index (χ4v) is 2.62. The number of imidazole rings is 1. The highest BCUT2D eigenvalue weighted by molar-refractivity contribution is 5.73. The highest BCUT2D eigenvalue weighted by atomic mass is 16.6. The van der Waals surface area contributed by atoms with Crippen LogP contribution in [0.15, 0.2) is 4.79 Å². The Morgan fingerprint density at radius 1 is 1.45 bits per heavy atom. The molecule has 0 amide bonds. The zero-order chi connectivity index (χ0) is 14.0. The van der Waals surface area contributed by atoms with Crippen molar-refractivity contribution < 1.29 is 19.7 Å². The van der Waals surface area contributed by atoms with E-state index in [9.17, 15) is 9.90 Å². The number of rotatable bonds is 1. The predicted octanol–water partition coefficient (Wildman–Crippen LogP) is -2.29. The molecule has 5 N–H and O–H groups in total. The summed E-state index contributed by atoms with van der Waals surface area (Å²) >= 11 is 0. The van der Waals surface area contributed by atoms with Crippen molar-refractivity contribution in [3.8, 4) is 6.01 Å². The monoisotopic (exact) mass is 281 g/mol. The lowest BCUT2D eigenvalue weighted by Gasteiger charge is -2.13. The van der Waals surface area contributed by atoms with Crippen molar-refractivity contribution in [3.05, 3.63) is 10.4 Å². The summed E-state index contributed by atoms with van der Waals surface area (Å²) in [6, 6.07) is 0.133. The normalized spacial score (nSPS) is 31.3. The van der Waals surface area contributed by atoms with Crippen LogP contribution >= 0.6 is 0 Å². The van der Waals surface area contributed by atoms with Crippen LogP contribution in [-0.2, 0) is 4.74 Å². The van der Waals surface area contributed by atoms with Gasteiger partial charge in [0.1, 0.15) is 12.2 Å². The number of hydrogen-bond donors (Lipinski definition) is 4. The van der Waals surface area contributed by atoms with Gasteiger partial charge >= 0.3 is 6.01 Å². The third-order valence-electron chi connectivity index (χ3n) is 3.53. The van der Waals surface area contributed by atoms with Gasteiger partial charge < -0.3 is 25.4 Å². The third-order valence-corrected chi connectivity index (χ3v) is 3.53. The second kappa shape index (κ2) is 3.69. The Bertz CT molecular complexity index is 754. The summed E-state index contributed by atoms with van der Waals surface area (Å²) in [6.45, 7) is -0.338. The molecule has 2 aliphatic heterocycles. The molecule has 20 heavy (non-hydrogen) atoms. The molecule has 0 radical (unpaired) electrons. The van der Waals surface area contributed by atoms with Gasteiger partial charge in [-0.15, -0.1) is 0 Å². The van der Waals surface area contributed by atoms with E-state index in [1.54, 1.807) is 0 Å². The van der Waals surface area contributed by atoms with Crippen molar-refractivity contribution in [1.82, 2.24) is 19.5 Å². The number of aromatic amines is 1. The number of aromatic nitrogens is 4. The molecule has 2 aromatic rings. The molecule has 10 heteroatoms. The molecule has 0 aliphatic carbocycles. The van der Waals surface area contributed by atoms with Gasteiger partial charge in [-0.25, -0.2) is 4.57 Å². The Balaban J connectivity index is 1.90. The van der Waals surface area contributed by atoms with E-state index in [1.807, 2.05) is 0 Å². The largest absolute Gasteiger partial charge is 0.453 e. The molecule has 4 atom stereocenters. The number of aliphatic hydroxyl groups excluding tert-OH is 2. The second-order valence-electron chi connectivity index (χ2n) is 4.71. The number of hydrogen-bond acceptors (Lipinski definition) is 8. The minimum atomic E-state index is -0.985. The highest BCUT2D eigenvalue weighted by Gasteiger charge is 2.52. The Hall–Kier alpha value is -2.17. The molecule has 0 spiro atoms. The minimum absolute atomic E-state index is 0.0501. The SMILES string of the molecule is Nc1nc2c(nc3n2[C@@H]2O[C@H](CO)[C@@H](O)[C@H]2O3)c(=O)[nH]1. The molecule has 106 valence electrons. The Labute approximate surface area is 110 Å². The summed E-state index contributed by atoms with van der Waals surface area (Å²) in [5.74, 6) is -0.0501. The van der Waals surface area contributed by atoms with E-state index < -0.39 is 30.1 Å². The Morgan fingerprint density at radius 2 is 2.25 bits per heavy atom. The molecular weight excluding hydrogens is 270 g/mol. The summed E-state index contributed by atoms with van der Waals surface area (Å²) in [6.07, 6.45) is -3.13. The van der Waals surface area contributed by atoms with E-state index in [0.717, 1.165) is 0 Å². The lowest BCUT2D eigenvalue weighted by atomic mass is 10.1. The molecule has 2 aromatic heterocycles. The lowest BCUT2D eigenvalue weighted by Crippen LogP contribution is -2.35. The lowest BCUT2D eigenvalue weighted by molar-refractivity contribution is -0.0419. The van der Waals surface area contributed by atoms with Crippen molar-refractivity contribution in [3.63, 3.8) is 0 Å². The number of fused-ring (bicyclic) bond motifs is 5. The quantitative estimate of drug-likeness (QED) is 0.456. The summed E-state index contributed by atoms with van der Waals surface area (Å²) in [5.41, 5.74) is 5.34. The summed E-state index contributed by atoms with van der Waals surface area (Å²) < 4.78 is 12.5. The maximum atomic E-state index is 11.7. The van der Waals surface area contributed by atoms with E-state index in [0.29, 0.717) is 0 Å². The Morgan fingerprint density at radius 3 is 3.00 bits per heavy atom. The minimum Gasteiger partial charge on any atom is -0.453 e. The Kier molecular flexibility index (Phi) is 2.14. The van der Waals surface area contributed by atoms with Crippen LogP contribution in [0.25, 0.3) is 11.2 Å². The number of anilines is 1. The first-order valence-corrected chi connectivity index (χ1v) is 5.99. The van der Waals surface area contributed by atoms with Gasteiger partial charge in [0, 0.05) is 0 Å². The van der Waals surface area contributed by atoms with Crippen molar-refractivity contribution in [2.24, 2.45) is 0 Å². The molecule has 10 nitrogen and oxygen atoms in total. The van der Waals surface area contributed by atoms with Crippen molar-refractivity contribution >= 4 is 17.1 Å². The van der Waals surface area contributed by atoms with Crippen LogP contribution < -0.4 is 16.0 Å². The molecule has 1 saturated heterocycles. The molecular formula is C10H11N5O5. The van der Waals surface area contributed by atoms with Crippen molar-refractivity contribution in [2.75, 3.05) is 12.3 Å². The standard InChI is InChI=1S/C10H11N5O5/c11-9-13-6-3(7(18)14-9)12-10-15(6)8-5(20-10)4(17)2(1-16)19-8/h2,4-5,8,16-17H,1H2,(H3,11,13,14,18)/t2-,4-,5-,8-/m1/s1. The maximum Gasteiger partial charge on any atom is 0.301 e. The molecule has 0 saturated carbocycles. The third kappa shape index (κ3) is 1.30. The van der Waals surface area contributed by atoms with Crippen LogP contribution in [0.2, 0.25) is 0 Å². The van der Waals surface area contributed by atoms with E-state index in [4.69, 9.17) is 20.3 Å². The van der Waals surface area contributed by atoms with E-state index in [-0.39, 0.29) is 29.7 Å². The number of ether oxygens (including phenoxy) is 2. The molecule has 0 aromatic carbocycles. The number of H-pyrrole nitrogens is 1. The summed E-state index contributed by atoms with van der Waals surface area (Å²) in [7, 11) is 0. The molecule has 0 unspecified atom stereocenters. The van der Waals surface area contributed by atoms with Crippen LogP contribution in [0, 0.1) is 0 Å². The smallest absolute Gasteiger partial charge is 0.301 e. The average molecular weight is 281 g/mol. The first-order valence-electron chi connectivity index (χ1n) is 5.99. The van der Waals surface area contributed by atoms with Crippen LogP contribution in [-0.4, -0.2) is 54.7 Å². The summed E-state index contributed by atoms with van der Waals surface area (Å²) in [4.78, 5) is 22.1. The van der Waals surface area contributed by atoms with Gasteiger partial charge in [-0.05, 0) is 0 Å². The molecule has 1 fully saturated rings. The first kappa shape index (κ1) is 11.6. The van der Waals surface area contributed by atoms with E-state index in [1.165, 1.54) is 4.57 Å². The van der Waals surface area contributed by atoms with Gasteiger partial charge in [0.25, 0.3) is 5.56 Å². The zero-order valence-electron chi connectivity index (χ0n) is 10.1. The number of nitrogens with two attached hydrogens (primary N) is 1. The fourth-order valence-electron chi connectivity index (χ4n) is 2.62. The molecule has 4 rings (SSSR count). The topological polar surface area (TPSA) is 149 Å². The zero-order valence-corrected chi connectivity index (χ0v) is 10.1. The van der Waals surface area contributed by atoms with Gasteiger partial charge in [-0.1, -0.05) is 0 Å². The second-order valence-corrected chi connectivity index (χ2v) is 4.71. The van der Waals surface area contributed by atoms with Crippen LogP contribution in [0.1, 0.15) is 6.23 Å². The van der Waals surface area contributed by atoms with Gasteiger partial charge in [0.05, 0.1) is 6.61 Å². The summed E-state index contributed by atoms with van der Waals surface area (Å²) in [5, 5.41) is 19.1. The highest BCUT2D eigenvalue weighted by Crippen LogP contribution is 2.41. The molecule has 2 aliphatic rings. The maximum absolute atomic E-state index is 11.7. The fraction of sp³-hybridized carbons (Fsp3) is 0.500. The first-order chi connectivity index (χ1) is 9.60. The van der Waals surface area contributed by atoms with Crippen molar-refractivity contribution in [2.45, 2.75) is 24.5 Å². The molecule has 4 heterocycles. The number of nitrogen functional groups attached to an aromatic ring is 1. The van der Waals surface area contributed by atoms with Crippen LogP contribution in [0.4, 0.5) is 5.95 Å². The molecule has 0 bridgehead atoms. The number of aliphatic hydroxyl groups is 2. The number of nitrogens with one attached hydrogen (secondary N) is 1. The van der Waals surface area contributed by atoms with Crippen LogP contribution in [0.3, 0.4) is 0 Å². The van der Waals surface area contributed by atoms with Gasteiger partial charge in [0.15, 0.2) is 23.5 Å². The van der Waals surface area contributed by atoms with E-state index in [2.05, 4.69) is 15.0 Å².